The fraction of sp³-hybridized carbons (Fsp3) is 0.333. The van der Waals surface area contributed by atoms with E-state index in [9.17, 15) is 12.8 Å². The third-order valence-corrected chi connectivity index (χ3v) is 6.35. The molecular formula is C18H20FNO4S. The van der Waals surface area contributed by atoms with Crippen molar-refractivity contribution in [3.8, 4) is 11.5 Å². The van der Waals surface area contributed by atoms with E-state index in [-0.39, 0.29) is 10.9 Å². The van der Waals surface area contributed by atoms with Gasteiger partial charge in [-0.05, 0) is 49.6 Å². The van der Waals surface area contributed by atoms with Gasteiger partial charge in [0.25, 0.3) is 10.0 Å². The molecule has 1 atom stereocenters. The first-order chi connectivity index (χ1) is 11.9. The Kier molecular flexibility index (Phi) is 4.60. The van der Waals surface area contributed by atoms with Crippen molar-refractivity contribution in [2.24, 2.45) is 0 Å². The second-order valence-electron chi connectivity index (χ2n) is 5.98. The molecule has 0 fully saturated rings. The van der Waals surface area contributed by atoms with E-state index >= 15 is 0 Å². The Morgan fingerprint density at radius 1 is 1.08 bits per heavy atom. The Morgan fingerprint density at radius 3 is 2.48 bits per heavy atom. The minimum absolute atomic E-state index is 0.0779. The minimum atomic E-state index is -3.87. The third-order valence-electron chi connectivity index (χ3n) is 4.43. The van der Waals surface area contributed by atoms with Gasteiger partial charge in [0.2, 0.25) is 0 Å². The van der Waals surface area contributed by atoms with E-state index in [2.05, 4.69) is 0 Å². The molecule has 0 saturated carbocycles. The number of nitrogens with zero attached hydrogens (tertiary/aromatic N) is 1. The summed E-state index contributed by atoms with van der Waals surface area (Å²) in [4.78, 5) is 0.0779. The number of rotatable bonds is 4. The van der Waals surface area contributed by atoms with Crippen LogP contribution >= 0.6 is 0 Å². The number of aryl methyl sites for hydroxylation is 1. The molecule has 0 aliphatic carbocycles. The van der Waals surface area contributed by atoms with Gasteiger partial charge < -0.3 is 9.47 Å². The molecule has 2 aromatic rings. The maximum Gasteiger partial charge on any atom is 0.264 e. The second kappa shape index (κ2) is 6.55. The zero-order valence-electron chi connectivity index (χ0n) is 14.3. The molecule has 0 unspecified atom stereocenters. The minimum Gasteiger partial charge on any atom is -0.493 e. The summed E-state index contributed by atoms with van der Waals surface area (Å²) in [5, 5.41) is 0. The van der Waals surface area contributed by atoms with Crippen LogP contribution in [0, 0.1) is 5.82 Å². The van der Waals surface area contributed by atoms with Crippen LogP contribution in [0.5, 0.6) is 11.5 Å². The summed E-state index contributed by atoms with van der Waals surface area (Å²) in [7, 11) is -0.937. The molecule has 0 saturated heterocycles. The second-order valence-corrected chi connectivity index (χ2v) is 7.79. The van der Waals surface area contributed by atoms with E-state index in [1.54, 1.807) is 12.1 Å². The van der Waals surface area contributed by atoms with Crippen molar-refractivity contribution in [1.29, 1.82) is 0 Å². The number of benzene rings is 2. The molecule has 7 heteroatoms. The summed E-state index contributed by atoms with van der Waals surface area (Å²) in [6, 6.07) is 8.46. The van der Waals surface area contributed by atoms with Crippen LogP contribution in [-0.2, 0) is 16.4 Å². The number of fused-ring (bicyclic) bond motifs is 1. The fourth-order valence-electron chi connectivity index (χ4n) is 3.13. The summed E-state index contributed by atoms with van der Waals surface area (Å²) in [5.74, 6) is 0.313. The zero-order valence-corrected chi connectivity index (χ0v) is 15.1. The Hall–Kier alpha value is -2.28. The van der Waals surface area contributed by atoms with Gasteiger partial charge in [0.15, 0.2) is 11.5 Å². The molecule has 0 radical (unpaired) electrons. The van der Waals surface area contributed by atoms with Crippen molar-refractivity contribution < 1.29 is 22.3 Å². The predicted octanol–water partition coefficient (Wildman–Crippen LogP) is 3.37. The van der Waals surface area contributed by atoms with Gasteiger partial charge in [-0.1, -0.05) is 6.07 Å². The first-order valence-corrected chi connectivity index (χ1v) is 9.37. The molecule has 0 aromatic heterocycles. The maximum absolute atomic E-state index is 13.7. The Labute approximate surface area is 147 Å². The highest BCUT2D eigenvalue weighted by atomic mass is 32.2. The first kappa shape index (κ1) is 17.5. The van der Waals surface area contributed by atoms with E-state index in [4.69, 9.17) is 9.47 Å². The highest BCUT2D eigenvalue weighted by Gasteiger charge is 2.34. The SMILES string of the molecule is COc1ccc(S(=O)(=O)N2c3cc(F)ccc3CC[C@@H]2C)cc1OC. The van der Waals surface area contributed by atoms with Gasteiger partial charge >= 0.3 is 0 Å². The molecule has 0 N–H and O–H groups in total. The van der Waals surface area contributed by atoms with Crippen molar-refractivity contribution in [2.45, 2.75) is 30.7 Å². The molecule has 5 nitrogen and oxygen atoms in total. The van der Waals surface area contributed by atoms with Crippen LogP contribution in [-0.4, -0.2) is 28.7 Å². The van der Waals surface area contributed by atoms with Crippen molar-refractivity contribution in [3.05, 3.63) is 47.8 Å². The molecule has 1 aliphatic heterocycles. The van der Waals surface area contributed by atoms with E-state index in [1.165, 1.54) is 42.8 Å². The molecule has 1 aliphatic rings. The fourth-order valence-corrected chi connectivity index (χ4v) is 4.86. The van der Waals surface area contributed by atoms with Crippen LogP contribution in [0.3, 0.4) is 0 Å². The van der Waals surface area contributed by atoms with Crippen LogP contribution in [0.2, 0.25) is 0 Å². The Morgan fingerprint density at radius 2 is 1.80 bits per heavy atom. The molecule has 0 bridgehead atoms. The van der Waals surface area contributed by atoms with Crippen LogP contribution in [0.25, 0.3) is 0 Å². The molecule has 3 rings (SSSR count). The first-order valence-electron chi connectivity index (χ1n) is 7.93. The monoisotopic (exact) mass is 365 g/mol. The molecular weight excluding hydrogens is 345 g/mol. The average Bonchev–Trinajstić information content (AvgIpc) is 2.60. The van der Waals surface area contributed by atoms with Crippen LogP contribution < -0.4 is 13.8 Å². The smallest absolute Gasteiger partial charge is 0.264 e. The third kappa shape index (κ3) is 3.04. The summed E-state index contributed by atoms with van der Waals surface area (Å²) < 4.78 is 51.9. The summed E-state index contributed by atoms with van der Waals surface area (Å²) in [6.45, 7) is 1.83. The summed E-state index contributed by atoms with van der Waals surface area (Å²) in [5.41, 5.74) is 1.22. The molecule has 25 heavy (non-hydrogen) atoms. The number of methoxy groups -OCH3 is 2. The summed E-state index contributed by atoms with van der Waals surface area (Å²) >= 11 is 0. The predicted molar refractivity (Wildman–Crippen MR) is 93.4 cm³/mol. The van der Waals surface area contributed by atoms with Gasteiger partial charge in [0.05, 0.1) is 24.8 Å². The highest BCUT2D eigenvalue weighted by Crippen LogP contribution is 2.37. The maximum atomic E-state index is 13.7. The van der Waals surface area contributed by atoms with Gasteiger partial charge in [0, 0.05) is 12.1 Å². The number of ether oxygens (including phenoxy) is 2. The normalized spacial score (nSPS) is 17.1. The number of sulfonamides is 1. The van der Waals surface area contributed by atoms with Gasteiger partial charge in [-0.15, -0.1) is 0 Å². The number of hydrogen-bond acceptors (Lipinski definition) is 4. The van der Waals surface area contributed by atoms with Crippen LogP contribution in [0.4, 0.5) is 10.1 Å². The number of halogens is 1. The number of hydrogen-bond donors (Lipinski definition) is 0. The van der Waals surface area contributed by atoms with Gasteiger partial charge in [-0.25, -0.2) is 12.8 Å². The number of anilines is 1. The molecule has 0 spiro atoms. The van der Waals surface area contributed by atoms with E-state index in [1.807, 2.05) is 6.92 Å². The Bertz CT molecular complexity index is 898. The lowest BCUT2D eigenvalue weighted by Crippen LogP contribution is -2.42. The zero-order chi connectivity index (χ0) is 18.2. The molecule has 134 valence electrons. The van der Waals surface area contributed by atoms with Gasteiger partial charge in [-0.2, -0.15) is 0 Å². The largest absolute Gasteiger partial charge is 0.493 e. The van der Waals surface area contributed by atoms with E-state index < -0.39 is 15.8 Å². The standard InChI is InChI=1S/C18H20FNO4S/c1-12-4-5-13-6-7-14(19)10-16(13)20(12)25(21,22)15-8-9-17(23-2)18(11-15)24-3/h6-12H,4-5H2,1-3H3/t12-/m0/s1. The molecule has 2 aromatic carbocycles. The summed E-state index contributed by atoms with van der Waals surface area (Å²) in [6.07, 6.45) is 1.39. The highest BCUT2D eigenvalue weighted by molar-refractivity contribution is 7.92. The van der Waals surface area contributed by atoms with Crippen LogP contribution in [0.1, 0.15) is 18.9 Å². The van der Waals surface area contributed by atoms with Gasteiger partial charge in [-0.3, -0.25) is 4.31 Å². The topological polar surface area (TPSA) is 55.8 Å². The van der Waals surface area contributed by atoms with Gasteiger partial charge in [0.1, 0.15) is 5.82 Å². The van der Waals surface area contributed by atoms with Crippen molar-refractivity contribution >= 4 is 15.7 Å². The van der Waals surface area contributed by atoms with Crippen molar-refractivity contribution in [2.75, 3.05) is 18.5 Å². The lowest BCUT2D eigenvalue weighted by molar-refractivity contribution is 0.354. The van der Waals surface area contributed by atoms with E-state index in [0.29, 0.717) is 30.0 Å². The quantitative estimate of drug-likeness (QED) is 0.834. The van der Waals surface area contributed by atoms with Crippen LogP contribution in [0.15, 0.2) is 41.3 Å². The molecule has 0 amide bonds. The van der Waals surface area contributed by atoms with Crippen molar-refractivity contribution in [3.63, 3.8) is 0 Å². The lowest BCUT2D eigenvalue weighted by Gasteiger charge is -2.36. The lowest BCUT2D eigenvalue weighted by atomic mass is 9.99. The Balaban J connectivity index is 2.13. The van der Waals surface area contributed by atoms with Crippen molar-refractivity contribution in [1.82, 2.24) is 0 Å². The molecule has 1 heterocycles. The van der Waals surface area contributed by atoms with E-state index in [0.717, 1.165) is 5.56 Å². The average molecular weight is 365 g/mol.